The topological polar surface area (TPSA) is 82.6 Å². The zero-order valence-corrected chi connectivity index (χ0v) is 14.9. The Labute approximate surface area is 154 Å². The second-order valence-electron chi connectivity index (χ2n) is 6.38. The van der Waals surface area contributed by atoms with E-state index in [1.807, 2.05) is 24.3 Å². The van der Waals surface area contributed by atoms with Gasteiger partial charge < -0.3 is 10.2 Å². The van der Waals surface area contributed by atoms with E-state index >= 15 is 0 Å². The maximum Gasteiger partial charge on any atom is 0.327 e. The van der Waals surface area contributed by atoms with Gasteiger partial charge in [0.25, 0.3) is 5.91 Å². The van der Waals surface area contributed by atoms with Gasteiger partial charge in [0.2, 0.25) is 5.91 Å². The fraction of sp³-hybridized carbons (Fsp3) is 0.333. The average Bonchev–Trinajstić information content (AvgIpc) is 3.23. The Morgan fingerprint density at radius 1 is 1.27 bits per heavy atom. The van der Waals surface area contributed by atoms with Gasteiger partial charge in [-0.1, -0.05) is 24.3 Å². The molecule has 8 heteroatoms. The molecular formula is C18H18N4O3S. The molecular weight excluding hydrogens is 352 g/mol. The van der Waals surface area contributed by atoms with Gasteiger partial charge in [-0.2, -0.15) is 0 Å². The molecule has 1 atom stereocenters. The van der Waals surface area contributed by atoms with Crippen LogP contribution in [-0.2, 0) is 22.6 Å². The first kappa shape index (κ1) is 16.7. The summed E-state index contributed by atoms with van der Waals surface area (Å²) in [6.45, 7) is 0.721. The Morgan fingerprint density at radius 3 is 2.85 bits per heavy atom. The van der Waals surface area contributed by atoms with E-state index in [0.29, 0.717) is 24.5 Å². The standard InChI is InChI=1S/C18H18N4O3S/c23-15(20-17-19-7-9-26-17)6-3-8-21-16(24)14-10-12-4-1-2-5-13(12)11-22(14)18(21)25/h1-2,4-5,7,9,14H,3,6,8,10-11H2,(H,19,20,23)/t14-/m0/s1. The summed E-state index contributed by atoms with van der Waals surface area (Å²) in [5.74, 6) is -0.325. The molecule has 0 bridgehead atoms. The Kier molecular flexibility index (Phi) is 4.42. The van der Waals surface area contributed by atoms with Crippen LogP contribution in [0.15, 0.2) is 35.8 Å². The minimum absolute atomic E-state index is 0.162. The molecule has 134 valence electrons. The summed E-state index contributed by atoms with van der Waals surface area (Å²) >= 11 is 1.35. The Bertz CT molecular complexity index is 809. The molecule has 0 unspecified atom stereocenters. The van der Waals surface area contributed by atoms with Crippen LogP contribution < -0.4 is 5.32 Å². The van der Waals surface area contributed by atoms with Crippen molar-refractivity contribution in [3.8, 4) is 0 Å². The largest absolute Gasteiger partial charge is 0.327 e. The van der Waals surface area contributed by atoms with Crippen LogP contribution >= 0.6 is 11.3 Å². The van der Waals surface area contributed by atoms with Gasteiger partial charge in [0.05, 0.1) is 0 Å². The number of rotatable bonds is 5. The van der Waals surface area contributed by atoms with E-state index in [2.05, 4.69) is 10.3 Å². The van der Waals surface area contributed by atoms with Crippen LogP contribution in [0, 0.1) is 0 Å². The van der Waals surface area contributed by atoms with Gasteiger partial charge >= 0.3 is 6.03 Å². The summed E-state index contributed by atoms with van der Waals surface area (Å²) in [7, 11) is 0. The number of thiazole rings is 1. The summed E-state index contributed by atoms with van der Waals surface area (Å²) in [4.78, 5) is 44.1. The predicted octanol–water partition coefficient (Wildman–Crippen LogP) is 2.25. The molecule has 2 aromatic rings. The summed E-state index contributed by atoms with van der Waals surface area (Å²) in [6, 6.07) is 7.23. The lowest BCUT2D eigenvalue weighted by atomic mass is 9.95. The van der Waals surface area contributed by atoms with Crippen molar-refractivity contribution in [2.24, 2.45) is 0 Å². The first-order valence-corrected chi connectivity index (χ1v) is 9.39. The highest BCUT2D eigenvalue weighted by molar-refractivity contribution is 7.13. The van der Waals surface area contributed by atoms with E-state index in [-0.39, 0.29) is 30.8 Å². The normalized spacial score (nSPS) is 18.7. The molecule has 0 aliphatic carbocycles. The van der Waals surface area contributed by atoms with Crippen molar-refractivity contribution in [2.75, 3.05) is 11.9 Å². The average molecular weight is 370 g/mol. The minimum Gasteiger partial charge on any atom is -0.308 e. The highest BCUT2D eigenvalue weighted by Gasteiger charge is 2.46. The van der Waals surface area contributed by atoms with Gasteiger partial charge in [0.15, 0.2) is 5.13 Å². The van der Waals surface area contributed by atoms with Crippen molar-refractivity contribution in [3.63, 3.8) is 0 Å². The summed E-state index contributed by atoms with van der Waals surface area (Å²) in [5.41, 5.74) is 2.22. The van der Waals surface area contributed by atoms with Gasteiger partial charge in [-0.05, 0) is 17.5 Å². The van der Waals surface area contributed by atoms with E-state index in [4.69, 9.17) is 0 Å². The van der Waals surface area contributed by atoms with Gasteiger partial charge in [0, 0.05) is 37.5 Å². The van der Waals surface area contributed by atoms with Crippen molar-refractivity contribution in [1.29, 1.82) is 0 Å². The molecule has 0 spiro atoms. The number of urea groups is 1. The van der Waals surface area contributed by atoms with Gasteiger partial charge in [-0.25, -0.2) is 9.78 Å². The number of amides is 4. The van der Waals surface area contributed by atoms with Crippen LogP contribution in [-0.4, -0.2) is 45.2 Å². The van der Waals surface area contributed by atoms with Crippen molar-refractivity contribution in [1.82, 2.24) is 14.8 Å². The number of nitrogens with zero attached hydrogens (tertiary/aromatic N) is 3. The number of imide groups is 1. The molecule has 26 heavy (non-hydrogen) atoms. The molecule has 1 saturated heterocycles. The molecule has 1 aromatic carbocycles. The number of carbonyl (C=O) groups excluding carboxylic acids is 3. The highest BCUT2D eigenvalue weighted by atomic mass is 32.1. The Hall–Kier alpha value is -2.74. The predicted molar refractivity (Wildman–Crippen MR) is 96.6 cm³/mol. The Morgan fingerprint density at radius 2 is 2.08 bits per heavy atom. The van der Waals surface area contributed by atoms with E-state index < -0.39 is 6.04 Å². The summed E-state index contributed by atoms with van der Waals surface area (Å²) < 4.78 is 0. The van der Waals surface area contributed by atoms with Crippen LogP contribution in [0.25, 0.3) is 0 Å². The minimum atomic E-state index is -0.415. The maximum absolute atomic E-state index is 12.6. The number of nitrogens with one attached hydrogen (secondary N) is 1. The van der Waals surface area contributed by atoms with Crippen LogP contribution in [0.1, 0.15) is 24.0 Å². The molecule has 0 radical (unpaired) electrons. The summed E-state index contributed by atoms with van der Waals surface area (Å²) in [6.07, 6.45) is 2.85. The monoisotopic (exact) mass is 370 g/mol. The van der Waals surface area contributed by atoms with Gasteiger partial charge in [-0.3, -0.25) is 14.5 Å². The fourth-order valence-electron chi connectivity index (χ4n) is 3.44. The number of fused-ring (bicyclic) bond motifs is 2. The third kappa shape index (κ3) is 3.08. The highest BCUT2D eigenvalue weighted by Crippen LogP contribution is 2.30. The molecule has 2 aliphatic heterocycles. The lowest BCUT2D eigenvalue weighted by Gasteiger charge is -2.28. The lowest BCUT2D eigenvalue weighted by molar-refractivity contribution is -0.128. The summed E-state index contributed by atoms with van der Waals surface area (Å²) in [5, 5.41) is 5.04. The number of hydrogen-bond acceptors (Lipinski definition) is 5. The quantitative estimate of drug-likeness (QED) is 0.819. The zero-order valence-electron chi connectivity index (χ0n) is 14.1. The third-order valence-electron chi connectivity index (χ3n) is 4.74. The molecule has 4 rings (SSSR count). The third-order valence-corrected chi connectivity index (χ3v) is 5.43. The van der Waals surface area contributed by atoms with E-state index in [1.54, 1.807) is 16.5 Å². The maximum atomic E-state index is 12.6. The molecule has 4 amide bonds. The van der Waals surface area contributed by atoms with Crippen LogP contribution in [0.4, 0.5) is 9.93 Å². The molecule has 1 fully saturated rings. The van der Waals surface area contributed by atoms with Crippen molar-refractivity contribution in [3.05, 3.63) is 47.0 Å². The number of carbonyl (C=O) groups is 3. The first-order chi connectivity index (χ1) is 12.6. The lowest BCUT2D eigenvalue weighted by Crippen LogP contribution is -2.39. The molecule has 0 saturated carbocycles. The number of benzene rings is 1. The van der Waals surface area contributed by atoms with E-state index in [9.17, 15) is 14.4 Å². The molecule has 1 aromatic heterocycles. The van der Waals surface area contributed by atoms with Crippen molar-refractivity contribution in [2.45, 2.75) is 31.8 Å². The first-order valence-electron chi connectivity index (χ1n) is 8.51. The van der Waals surface area contributed by atoms with Crippen molar-refractivity contribution >= 4 is 34.3 Å². The molecule has 7 nitrogen and oxygen atoms in total. The number of anilines is 1. The second kappa shape index (κ2) is 6.87. The Balaban J connectivity index is 1.35. The van der Waals surface area contributed by atoms with Crippen LogP contribution in [0.3, 0.4) is 0 Å². The zero-order chi connectivity index (χ0) is 18.1. The number of hydrogen-bond donors (Lipinski definition) is 1. The van der Waals surface area contributed by atoms with Gasteiger partial charge in [-0.15, -0.1) is 11.3 Å². The van der Waals surface area contributed by atoms with E-state index in [1.165, 1.54) is 16.2 Å². The molecule has 2 aliphatic rings. The fourth-order valence-corrected chi connectivity index (χ4v) is 3.99. The van der Waals surface area contributed by atoms with E-state index in [0.717, 1.165) is 11.1 Å². The van der Waals surface area contributed by atoms with Gasteiger partial charge in [0.1, 0.15) is 6.04 Å². The van der Waals surface area contributed by atoms with Crippen LogP contribution in [0.5, 0.6) is 0 Å². The second-order valence-corrected chi connectivity index (χ2v) is 7.27. The SMILES string of the molecule is O=C(CCCN1C(=O)[C@@H]2Cc3ccccc3CN2C1=O)Nc1nccs1. The molecule has 1 N–H and O–H groups in total. The van der Waals surface area contributed by atoms with Crippen molar-refractivity contribution < 1.29 is 14.4 Å². The number of aromatic nitrogens is 1. The van der Waals surface area contributed by atoms with Crippen LogP contribution in [0.2, 0.25) is 0 Å². The molecule has 3 heterocycles. The smallest absolute Gasteiger partial charge is 0.308 e.